The van der Waals surface area contributed by atoms with Crippen molar-refractivity contribution >= 4 is 40.6 Å². The third-order valence-corrected chi connectivity index (χ3v) is 10.8. The lowest BCUT2D eigenvalue weighted by Crippen LogP contribution is -2.63. The molecule has 302 valence electrons. The number of hydrogen-bond acceptors (Lipinski definition) is 6. The molecule has 12 nitrogen and oxygen atoms in total. The maximum atomic E-state index is 14.9. The molecule has 0 radical (unpaired) electrons. The first kappa shape index (κ1) is 41.0. The van der Waals surface area contributed by atoms with Gasteiger partial charge in [0, 0.05) is 56.1 Å². The lowest BCUT2D eigenvalue weighted by molar-refractivity contribution is -0.147. The van der Waals surface area contributed by atoms with Gasteiger partial charge >= 0.3 is 6.09 Å². The molecular formula is C45H56N6O6. The summed E-state index contributed by atoms with van der Waals surface area (Å²) in [5.74, 6) is -1.31. The number of aromatic amines is 1. The van der Waals surface area contributed by atoms with E-state index < -0.39 is 47.7 Å². The first-order valence-corrected chi connectivity index (χ1v) is 20.0. The molecule has 4 aromatic rings. The van der Waals surface area contributed by atoms with Crippen molar-refractivity contribution in [2.24, 2.45) is 5.92 Å². The number of H-pyrrole nitrogens is 1. The maximum Gasteiger partial charge on any atom is 0.410 e. The number of benzene rings is 3. The van der Waals surface area contributed by atoms with Crippen LogP contribution in [0.1, 0.15) is 83.0 Å². The third kappa shape index (κ3) is 9.84. The van der Waals surface area contributed by atoms with Gasteiger partial charge in [-0.2, -0.15) is 0 Å². The number of rotatable bonds is 11. The Morgan fingerprint density at radius 3 is 2.16 bits per heavy atom. The van der Waals surface area contributed by atoms with E-state index in [0.717, 1.165) is 27.6 Å². The number of aromatic nitrogens is 1. The van der Waals surface area contributed by atoms with Gasteiger partial charge in [0.1, 0.15) is 23.7 Å². The summed E-state index contributed by atoms with van der Waals surface area (Å²) in [7, 11) is 1.51. The topological polar surface area (TPSA) is 144 Å². The normalized spacial score (nSPS) is 19.2. The lowest BCUT2D eigenvalue weighted by Gasteiger charge is -2.40. The SMILES string of the molecule is CC(C)CC(=O)N1CC[C@H]2CC[C@@H](C(=O)NC(c3ccccc3)c3ccccc3)N2C(=O)[C@@H](NC(=O)[C@H](Cc2c[nH]c3ccccc23)N(C)C(=O)OC(C)(C)C)C1. The van der Waals surface area contributed by atoms with Crippen LogP contribution in [-0.4, -0.2) is 99.3 Å². The number of fused-ring (bicyclic) bond motifs is 2. The summed E-state index contributed by atoms with van der Waals surface area (Å²) in [6.45, 7) is 9.50. The van der Waals surface area contributed by atoms with Gasteiger partial charge in [0.15, 0.2) is 0 Å². The summed E-state index contributed by atoms with van der Waals surface area (Å²) in [6, 6.07) is 23.3. The number of nitrogens with zero attached hydrogens (tertiary/aromatic N) is 3. The fraction of sp³-hybridized carbons (Fsp3) is 0.444. The summed E-state index contributed by atoms with van der Waals surface area (Å²) >= 11 is 0. The van der Waals surface area contributed by atoms with E-state index in [0.29, 0.717) is 32.2 Å². The monoisotopic (exact) mass is 776 g/mol. The number of carbonyl (C=O) groups is 5. The highest BCUT2D eigenvalue weighted by atomic mass is 16.6. The van der Waals surface area contributed by atoms with Crippen molar-refractivity contribution in [3.63, 3.8) is 0 Å². The number of ether oxygens (including phenoxy) is 1. The van der Waals surface area contributed by atoms with E-state index in [1.807, 2.05) is 105 Å². The Kier molecular flexibility index (Phi) is 12.7. The van der Waals surface area contributed by atoms with Crippen molar-refractivity contribution in [1.29, 1.82) is 0 Å². The van der Waals surface area contributed by atoms with Gasteiger partial charge in [0.25, 0.3) is 0 Å². The Bertz CT molecular complexity index is 2000. The molecule has 0 aliphatic carbocycles. The Morgan fingerprint density at radius 1 is 0.895 bits per heavy atom. The molecule has 57 heavy (non-hydrogen) atoms. The molecule has 2 aliphatic rings. The number of amides is 5. The smallest absolute Gasteiger partial charge is 0.410 e. The van der Waals surface area contributed by atoms with E-state index in [2.05, 4.69) is 15.6 Å². The Balaban J connectivity index is 1.31. The van der Waals surface area contributed by atoms with Gasteiger partial charge in [0.2, 0.25) is 23.6 Å². The Hall–Kier alpha value is -5.65. The van der Waals surface area contributed by atoms with E-state index in [-0.39, 0.29) is 36.7 Å². The number of hydrogen-bond donors (Lipinski definition) is 3. The van der Waals surface area contributed by atoms with Gasteiger partial charge in [-0.15, -0.1) is 0 Å². The second-order valence-corrected chi connectivity index (χ2v) is 16.7. The average Bonchev–Trinajstić information content (AvgIpc) is 3.79. The van der Waals surface area contributed by atoms with Crippen LogP contribution in [0.5, 0.6) is 0 Å². The zero-order valence-electron chi connectivity index (χ0n) is 33.9. The summed E-state index contributed by atoms with van der Waals surface area (Å²) in [4.78, 5) is 78.9. The summed E-state index contributed by atoms with van der Waals surface area (Å²) in [5, 5.41) is 7.13. The zero-order chi connectivity index (χ0) is 40.9. The first-order valence-electron chi connectivity index (χ1n) is 20.0. The molecular weight excluding hydrogens is 721 g/mol. The predicted octanol–water partition coefficient (Wildman–Crippen LogP) is 5.97. The van der Waals surface area contributed by atoms with Crippen molar-refractivity contribution in [3.8, 4) is 0 Å². The molecule has 0 bridgehead atoms. The third-order valence-electron chi connectivity index (χ3n) is 10.8. The van der Waals surface area contributed by atoms with Crippen molar-refractivity contribution < 1.29 is 28.7 Å². The van der Waals surface area contributed by atoms with Crippen molar-refractivity contribution in [1.82, 2.24) is 30.3 Å². The lowest BCUT2D eigenvalue weighted by atomic mass is 9.98. The minimum absolute atomic E-state index is 0.0691. The fourth-order valence-corrected chi connectivity index (χ4v) is 7.98. The number of nitrogens with one attached hydrogen (secondary N) is 3. The Labute approximate surface area is 335 Å². The summed E-state index contributed by atoms with van der Waals surface area (Å²) < 4.78 is 5.69. The predicted molar refractivity (Wildman–Crippen MR) is 219 cm³/mol. The molecule has 5 amide bonds. The molecule has 0 spiro atoms. The van der Waals surface area contributed by atoms with Gasteiger partial charge in [-0.25, -0.2) is 4.79 Å². The molecule has 3 heterocycles. The van der Waals surface area contributed by atoms with Crippen LogP contribution in [0.25, 0.3) is 10.9 Å². The highest BCUT2D eigenvalue weighted by Gasteiger charge is 2.46. The van der Waals surface area contributed by atoms with Gasteiger partial charge in [-0.1, -0.05) is 92.7 Å². The van der Waals surface area contributed by atoms with E-state index in [4.69, 9.17) is 4.74 Å². The van der Waals surface area contributed by atoms with Crippen molar-refractivity contribution in [2.75, 3.05) is 20.1 Å². The minimum atomic E-state index is -1.18. The van der Waals surface area contributed by atoms with E-state index >= 15 is 0 Å². The second kappa shape index (κ2) is 17.7. The van der Waals surface area contributed by atoms with Crippen molar-refractivity contribution in [3.05, 3.63) is 108 Å². The summed E-state index contributed by atoms with van der Waals surface area (Å²) in [6.07, 6.45) is 3.05. The van der Waals surface area contributed by atoms with Crippen LogP contribution in [0.15, 0.2) is 91.1 Å². The van der Waals surface area contributed by atoms with E-state index in [9.17, 15) is 24.0 Å². The second-order valence-electron chi connectivity index (χ2n) is 16.7. The molecule has 2 saturated heterocycles. The molecule has 3 aromatic carbocycles. The maximum absolute atomic E-state index is 14.9. The highest BCUT2D eigenvalue weighted by Crippen LogP contribution is 2.32. The van der Waals surface area contributed by atoms with Crippen LogP contribution in [0.3, 0.4) is 0 Å². The quantitative estimate of drug-likeness (QED) is 0.171. The van der Waals surface area contributed by atoms with Crippen LogP contribution >= 0.6 is 0 Å². The number of likely N-dealkylation sites (N-methyl/N-ethyl adjacent to an activating group) is 1. The standard InChI is InChI=1S/C45H56N6O6/c1-29(2)25-39(52)50-24-23-33-21-22-37(41(53)48-40(30-15-9-7-10-16-30)31-17-11-8-12-18-31)51(33)43(55)36(28-50)47-42(54)38(49(6)44(56)57-45(3,4)5)26-32-27-46-35-20-14-13-19-34(32)35/h7-20,27,29,33,36-38,40,46H,21-26,28H2,1-6H3,(H,47,54)(H,48,53)/t33-,36+,37+,38+/m1/s1. The van der Waals surface area contributed by atoms with Crippen LogP contribution in [0, 0.1) is 5.92 Å². The molecule has 1 aromatic heterocycles. The van der Waals surface area contributed by atoms with Gasteiger partial charge in [-0.05, 0) is 68.7 Å². The van der Waals surface area contributed by atoms with Crippen LogP contribution < -0.4 is 10.6 Å². The summed E-state index contributed by atoms with van der Waals surface area (Å²) in [5.41, 5.74) is 2.69. The largest absolute Gasteiger partial charge is 0.444 e. The van der Waals surface area contributed by atoms with Crippen LogP contribution in [0.4, 0.5) is 4.79 Å². The molecule has 3 N–H and O–H groups in total. The molecule has 0 saturated carbocycles. The molecule has 12 heteroatoms. The van der Waals surface area contributed by atoms with Gasteiger partial charge in [0.05, 0.1) is 6.04 Å². The first-order chi connectivity index (χ1) is 27.2. The fourth-order valence-electron chi connectivity index (χ4n) is 7.98. The van der Waals surface area contributed by atoms with Gasteiger partial charge < -0.3 is 30.2 Å². The number of para-hydroxylation sites is 1. The number of carbonyl (C=O) groups excluding carboxylic acids is 5. The van der Waals surface area contributed by atoms with E-state index in [1.165, 1.54) is 11.9 Å². The minimum Gasteiger partial charge on any atom is -0.444 e. The molecule has 0 unspecified atom stereocenters. The molecule has 2 aliphatic heterocycles. The highest BCUT2D eigenvalue weighted by molar-refractivity contribution is 5.96. The molecule has 2 fully saturated rings. The van der Waals surface area contributed by atoms with Crippen molar-refractivity contribution in [2.45, 2.75) is 103 Å². The Morgan fingerprint density at radius 2 is 1.53 bits per heavy atom. The van der Waals surface area contributed by atoms with E-state index in [1.54, 1.807) is 30.6 Å². The van der Waals surface area contributed by atoms with Gasteiger partial charge in [-0.3, -0.25) is 24.1 Å². The van der Waals surface area contributed by atoms with Crippen LogP contribution in [0.2, 0.25) is 0 Å². The van der Waals surface area contributed by atoms with Crippen LogP contribution in [-0.2, 0) is 30.3 Å². The average molecular weight is 777 g/mol. The zero-order valence-corrected chi connectivity index (χ0v) is 33.9. The molecule has 4 atom stereocenters. The molecule has 6 rings (SSSR count).